The number of halogens is 1. The summed E-state index contributed by atoms with van der Waals surface area (Å²) < 4.78 is 10.6. The van der Waals surface area contributed by atoms with Gasteiger partial charge in [0.2, 0.25) is 6.79 Å². The van der Waals surface area contributed by atoms with Gasteiger partial charge in [0, 0.05) is 11.1 Å². The molecule has 0 aliphatic carbocycles. The van der Waals surface area contributed by atoms with E-state index in [0.717, 1.165) is 12.0 Å². The topological polar surface area (TPSA) is 55.8 Å². The number of aryl methyl sites for hydroxylation is 1. The molecule has 0 saturated carbocycles. The number of nitrogens with zero attached hydrogens (tertiary/aromatic N) is 1. The summed E-state index contributed by atoms with van der Waals surface area (Å²) in [6.07, 6.45) is 0.808. The summed E-state index contributed by atoms with van der Waals surface area (Å²) in [5, 5.41) is 0.470. The highest BCUT2D eigenvalue weighted by molar-refractivity contribution is 6.52. The maximum Gasteiger partial charge on any atom is 0.299 e. The highest BCUT2D eigenvalue weighted by Gasteiger charge is 2.36. The van der Waals surface area contributed by atoms with E-state index in [-0.39, 0.29) is 13.3 Å². The first-order valence-electron chi connectivity index (χ1n) is 7.65. The molecule has 0 saturated heterocycles. The molecule has 2 aromatic rings. The lowest BCUT2D eigenvalue weighted by atomic mass is 10.1. The molecular formula is C18H14ClNO4. The van der Waals surface area contributed by atoms with Gasteiger partial charge in [-0.15, -0.1) is 0 Å². The van der Waals surface area contributed by atoms with Crippen LogP contribution in [0.5, 0.6) is 11.5 Å². The van der Waals surface area contributed by atoms with Crippen molar-refractivity contribution in [2.75, 3.05) is 11.7 Å². The minimum absolute atomic E-state index is 0.152. The van der Waals surface area contributed by atoms with E-state index in [1.807, 2.05) is 19.1 Å². The summed E-state index contributed by atoms with van der Waals surface area (Å²) >= 11 is 6.29. The molecule has 0 spiro atoms. The SMILES string of the molecule is CCc1ccc2c(c1)C(=O)C(=O)N2Cc1cc2c(cc1Cl)OCO2. The second-order valence-corrected chi connectivity index (χ2v) is 6.13. The van der Waals surface area contributed by atoms with Crippen molar-refractivity contribution in [2.45, 2.75) is 19.9 Å². The number of anilines is 1. The Morgan fingerprint density at radius 2 is 1.88 bits per heavy atom. The van der Waals surface area contributed by atoms with Crippen LogP contribution in [-0.2, 0) is 17.8 Å². The quantitative estimate of drug-likeness (QED) is 0.802. The van der Waals surface area contributed by atoms with Crippen molar-refractivity contribution in [1.29, 1.82) is 0 Å². The van der Waals surface area contributed by atoms with Crippen molar-refractivity contribution in [1.82, 2.24) is 0 Å². The molecule has 0 unspecified atom stereocenters. The fourth-order valence-corrected chi connectivity index (χ4v) is 3.19. The molecule has 122 valence electrons. The second kappa shape index (κ2) is 5.53. The molecule has 2 aliphatic heterocycles. The van der Waals surface area contributed by atoms with E-state index in [2.05, 4.69) is 0 Å². The Bertz CT molecular complexity index is 878. The van der Waals surface area contributed by atoms with Gasteiger partial charge in [-0.05, 0) is 35.7 Å². The Morgan fingerprint density at radius 1 is 1.12 bits per heavy atom. The van der Waals surface area contributed by atoms with Gasteiger partial charge in [0.15, 0.2) is 11.5 Å². The number of ketones is 1. The smallest absolute Gasteiger partial charge is 0.299 e. The van der Waals surface area contributed by atoms with Crippen LogP contribution in [0.1, 0.15) is 28.4 Å². The molecule has 2 aliphatic rings. The molecular weight excluding hydrogens is 330 g/mol. The Labute approximate surface area is 143 Å². The van der Waals surface area contributed by atoms with Crippen LogP contribution in [0, 0.1) is 0 Å². The summed E-state index contributed by atoms with van der Waals surface area (Å²) in [5.74, 6) is 0.165. The summed E-state index contributed by atoms with van der Waals surface area (Å²) in [7, 11) is 0. The maximum absolute atomic E-state index is 12.4. The Hall–Kier alpha value is -2.53. The normalized spacial score (nSPS) is 15.2. The van der Waals surface area contributed by atoms with Crippen molar-refractivity contribution in [2.24, 2.45) is 0 Å². The Balaban J connectivity index is 1.71. The molecule has 0 atom stereocenters. The number of hydrogen-bond donors (Lipinski definition) is 0. The van der Waals surface area contributed by atoms with Crippen molar-refractivity contribution in [3.63, 3.8) is 0 Å². The van der Waals surface area contributed by atoms with Crippen LogP contribution in [-0.4, -0.2) is 18.5 Å². The molecule has 2 aromatic carbocycles. The number of fused-ring (bicyclic) bond motifs is 2. The van der Waals surface area contributed by atoms with Gasteiger partial charge < -0.3 is 14.4 Å². The molecule has 0 radical (unpaired) electrons. The Kier molecular flexibility index (Phi) is 3.46. The van der Waals surface area contributed by atoms with Gasteiger partial charge in [-0.2, -0.15) is 0 Å². The van der Waals surface area contributed by atoms with Crippen LogP contribution in [0.25, 0.3) is 0 Å². The number of ether oxygens (including phenoxy) is 2. The van der Waals surface area contributed by atoms with E-state index < -0.39 is 11.7 Å². The monoisotopic (exact) mass is 343 g/mol. The van der Waals surface area contributed by atoms with E-state index in [9.17, 15) is 9.59 Å². The van der Waals surface area contributed by atoms with E-state index in [1.165, 1.54) is 4.90 Å². The van der Waals surface area contributed by atoms with Crippen LogP contribution in [0.3, 0.4) is 0 Å². The lowest BCUT2D eigenvalue weighted by Crippen LogP contribution is -2.29. The third-order valence-electron chi connectivity index (χ3n) is 4.31. The number of hydrogen-bond acceptors (Lipinski definition) is 4. The van der Waals surface area contributed by atoms with E-state index in [4.69, 9.17) is 21.1 Å². The van der Waals surface area contributed by atoms with Crippen LogP contribution >= 0.6 is 11.6 Å². The standard InChI is InChI=1S/C18H14ClNO4/c1-2-10-3-4-14-12(5-10)17(21)18(22)20(14)8-11-6-15-16(7-13(11)19)24-9-23-15/h3-7H,2,8-9H2,1H3. The lowest BCUT2D eigenvalue weighted by Gasteiger charge is -2.18. The van der Waals surface area contributed by atoms with Gasteiger partial charge in [-0.25, -0.2) is 0 Å². The zero-order valence-electron chi connectivity index (χ0n) is 13.0. The fraction of sp³-hybridized carbons (Fsp3) is 0.222. The zero-order valence-corrected chi connectivity index (χ0v) is 13.7. The van der Waals surface area contributed by atoms with Crippen LogP contribution in [0.4, 0.5) is 5.69 Å². The van der Waals surface area contributed by atoms with E-state index in [1.54, 1.807) is 18.2 Å². The molecule has 0 aromatic heterocycles. The van der Waals surface area contributed by atoms with Crippen LogP contribution in [0.15, 0.2) is 30.3 Å². The van der Waals surface area contributed by atoms with Gasteiger partial charge >= 0.3 is 0 Å². The maximum atomic E-state index is 12.4. The third kappa shape index (κ3) is 2.24. The molecule has 0 bridgehead atoms. The molecule has 24 heavy (non-hydrogen) atoms. The number of Topliss-reactive ketones (excluding diaryl/α,β-unsaturated/α-hetero) is 1. The average molecular weight is 344 g/mol. The summed E-state index contributed by atoms with van der Waals surface area (Å²) in [6.45, 7) is 2.37. The molecule has 2 heterocycles. The first kappa shape index (κ1) is 15.0. The first-order chi connectivity index (χ1) is 11.6. The van der Waals surface area contributed by atoms with E-state index >= 15 is 0 Å². The minimum Gasteiger partial charge on any atom is -0.454 e. The number of benzene rings is 2. The summed E-state index contributed by atoms with van der Waals surface area (Å²) in [5.41, 5.74) is 2.81. The predicted molar refractivity (Wildman–Crippen MR) is 88.9 cm³/mol. The van der Waals surface area contributed by atoms with Gasteiger partial charge in [-0.3, -0.25) is 9.59 Å². The minimum atomic E-state index is -0.535. The number of carbonyl (C=O) groups is 2. The first-order valence-corrected chi connectivity index (χ1v) is 8.03. The highest BCUT2D eigenvalue weighted by atomic mass is 35.5. The predicted octanol–water partition coefficient (Wildman–Crippen LogP) is 3.36. The highest BCUT2D eigenvalue weighted by Crippen LogP contribution is 2.39. The summed E-state index contributed by atoms with van der Waals surface area (Å²) in [6, 6.07) is 8.96. The number of carbonyl (C=O) groups excluding carboxylic acids is 2. The molecule has 0 fully saturated rings. The van der Waals surface area contributed by atoms with Crippen molar-refractivity contribution < 1.29 is 19.1 Å². The number of amides is 1. The zero-order chi connectivity index (χ0) is 16.8. The number of rotatable bonds is 3. The molecule has 5 nitrogen and oxygen atoms in total. The van der Waals surface area contributed by atoms with Crippen LogP contribution in [0.2, 0.25) is 5.02 Å². The van der Waals surface area contributed by atoms with Crippen molar-refractivity contribution in [3.8, 4) is 11.5 Å². The van der Waals surface area contributed by atoms with Gasteiger partial charge in [-0.1, -0.05) is 24.6 Å². The van der Waals surface area contributed by atoms with E-state index in [0.29, 0.717) is 33.3 Å². The molecule has 0 N–H and O–H groups in total. The lowest BCUT2D eigenvalue weighted by molar-refractivity contribution is -0.114. The largest absolute Gasteiger partial charge is 0.454 e. The van der Waals surface area contributed by atoms with Crippen molar-refractivity contribution in [3.05, 3.63) is 52.0 Å². The molecule has 4 rings (SSSR count). The summed E-state index contributed by atoms with van der Waals surface area (Å²) in [4.78, 5) is 26.1. The molecule has 1 amide bonds. The van der Waals surface area contributed by atoms with Crippen LogP contribution < -0.4 is 14.4 Å². The third-order valence-corrected chi connectivity index (χ3v) is 4.67. The fourth-order valence-electron chi connectivity index (χ4n) is 2.98. The Morgan fingerprint density at radius 3 is 2.62 bits per heavy atom. The van der Waals surface area contributed by atoms with Gasteiger partial charge in [0.05, 0.1) is 17.8 Å². The van der Waals surface area contributed by atoms with Gasteiger partial charge in [0.25, 0.3) is 11.7 Å². The second-order valence-electron chi connectivity index (χ2n) is 5.72. The average Bonchev–Trinajstić information content (AvgIpc) is 3.13. The van der Waals surface area contributed by atoms with Gasteiger partial charge in [0.1, 0.15) is 0 Å². The van der Waals surface area contributed by atoms with Crippen molar-refractivity contribution >= 4 is 29.0 Å². The molecule has 6 heteroatoms.